The molecule has 1 aliphatic heterocycles. The molecule has 1 aromatic heterocycles. The van der Waals surface area contributed by atoms with E-state index in [0.29, 0.717) is 18.2 Å². The van der Waals surface area contributed by atoms with Crippen LogP contribution in [-0.4, -0.2) is 33.1 Å². The highest BCUT2D eigenvalue weighted by molar-refractivity contribution is 7.92. The quantitative estimate of drug-likeness (QED) is 0.836. The number of hydrogen-bond acceptors (Lipinski definition) is 5. The highest BCUT2D eigenvalue weighted by atomic mass is 32.2. The third kappa shape index (κ3) is 4.46. The van der Waals surface area contributed by atoms with Crippen molar-refractivity contribution in [2.24, 2.45) is 5.92 Å². The van der Waals surface area contributed by atoms with E-state index < -0.39 is 10.0 Å². The minimum atomic E-state index is -3.67. The molecule has 1 aliphatic rings. The predicted molar refractivity (Wildman–Crippen MR) is 103 cm³/mol. The highest BCUT2D eigenvalue weighted by Gasteiger charge is 2.18. The van der Waals surface area contributed by atoms with Gasteiger partial charge in [0.15, 0.2) is 0 Å². The first-order chi connectivity index (χ1) is 12.5. The SMILES string of the molecule is CCOc1ccc(S(=O)(=O)Nc2ccc(N3CCC(C)CC3)cn2)cc1. The maximum absolute atomic E-state index is 12.5. The Morgan fingerprint density at radius 2 is 1.85 bits per heavy atom. The predicted octanol–water partition coefficient (Wildman–Crippen LogP) is 3.52. The normalized spacial score (nSPS) is 15.7. The fourth-order valence-corrected chi connectivity index (χ4v) is 3.99. The van der Waals surface area contributed by atoms with Gasteiger partial charge in [-0.15, -0.1) is 0 Å². The third-order valence-electron chi connectivity index (χ3n) is 4.58. The van der Waals surface area contributed by atoms with Crippen LogP contribution >= 0.6 is 0 Å². The molecular weight excluding hydrogens is 350 g/mol. The summed E-state index contributed by atoms with van der Waals surface area (Å²) in [7, 11) is -3.67. The monoisotopic (exact) mass is 375 g/mol. The van der Waals surface area contributed by atoms with Gasteiger partial charge in [-0.05, 0) is 62.1 Å². The first-order valence-corrected chi connectivity index (χ1v) is 10.4. The molecule has 1 fully saturated rings. The van der Waals surface area contributed by atoms with Crippen LogP contribution < -0.4 is 14.4 Å². The zero-order chi connectivity index (χ0) is 18.6. The first kappa shape index (κ1) is 18.5. The molecule has 0 unspecified atom stereocenters. The number of rotatable bonds is 6. The van der Waals surface area contributed by atoms with Crippen molar-refractivity contribution in [3.63, 3.8) is 0 Å². The van der Waals surface area contributed by atoms with E-state index in [4.69, 9.17) is 4.74 Å². The Bertz CT molecular complexity index is 812. The van der Waals surface area contributed by atoms with Gasteiger partial charge in [-0.2, -0.15) is 0 Å². The number of nitrogens with zero attached hydrogens (tertiary/aromatic N) is 2. The Kier molecular flexibility index (Phi) is 5.66. The average Bonchev–Trinajstić information content (AvgIpc) is 2.64. The minimum absolute atomic E-state index is 0.178. The van der Waals surface area contributed by atoms with Crippen LogP contribution in [-0.2, 0) is 10.0 Å². The van der Waals surface area contributed by atoms with Gasteiger partial charge in [0, 0.05) is 13.1 Å². The summed E-state index contributed by atoms with van der Waals surface area (Å²) >= 11 is 0. The number of hydrogen-bond donors (Lipinski definition) is 1. The molecule has 1 N–H and O–H groups in total. The molecule has 1 saturated heterocycles. The van der Waals surface area contributed by atoms with Crippen LogP contribution in [0.15, 0.2) is 47.5 Å². The highest BCUT2D eigenvalue weighted by Crippen LogP contribution is 2.24. The molecule has 140 valence electrons. The fourth-order valence-electron chi connectivity index (χ4n) is 2.98. The lowest BCUT2D eigenvalue weighted by Crippen LogP contribution is -2.32. The molecule has 0 bridgehead atoms. The van der Waals surface area contributed by atoms with Crippen molar-refractivity contribution in [1.82, 2.24) is 4.98 Å². The van der Waals surface area contributed by atoms with Gasteiger partial charge in [0.25, 0.3) is 10.0 Å². The zero-order valence-electron chi connectivity index (χ0n) is 15.2. The first-order valence-electron chi connectivity index (χ1n) is 8.94. The van der Waals surface area contributed by atoms with Crippen LogP contribution in [0, 0.1) is 5.92 Å². The summed E-state index contributed by atoms with van der Waals surface area (Å²) in [5.74, 6) is 1.72. The van der Waals surface area contributed by atoms with E-state index in [0.717, 1.165) is 24.7 Å². The molecule has 2 aromatic rings. The fraction of sp³-hybridized carbons (Fsp3) is 0.421. The van der Waals surface area contributed by atoms with Gasteiger partial charge in [-0.3, -0.25) is 4.72 Å². The number of anilines is 2. The number of ether oxygens (including phenoxy) is 1. The van der Waals surface area contributed by atoms with Crippen molar-refractivity contribution in [2.45, 2.75) is 31.6 Å². The molecule has 2 heterocycles. The van der Waals surface area contributed by atoms with E-state index in [1.165, 1.54) is 25.0 Å². The van der Waals surface area contributed by atoms with Gasteiger partial charge in [0.1, 0.15) is 11.6 Å². The number of benzene rings is 1. The van der Waals surface area contributed by atoms with Crippen molar-refractivity contribution < 1.29 is 13.2 Å². The van der Waals surface area contributed by atoms with Gasteiger partial charge in [0.2, 0.25) is 0 Å². The average molecular weight is 375 g/mol. The number of sulfonamides is 1. The van der Waals surface area contributed by atoms with Crippen molar-refractivity contribution >= 4 is 21.5 Å². The second-order valence-electron chi connectivity index (χ2n) is 6.58. The molecule has 6 nitrogen and oxygen atoms in total. The van der Waals surface area contributed by atoms with E-state index >= 15 is 0 Å². The summed E-state index contributed by atoms with van der Waals surface area (Å²) in [4.78, 5) is 6.74. The second-order valence-corrected chi connectivity index (χ2v) is 8.26. The molecule has 7 heteroatoms. The van der Waals surface area contributed by atoms with Crippen LogP contribution in [0.25, 0.3) is 0 Å². The summed E-state index contributed by atoms with van der Waals surface area (Å²) in [5.41, 5.74) is 1.03. The van der Waals surface area contributed by atoms with Crippen molar-refractivity contribution in [3.8, 4) is 5.75 Å². The van der Waals surface area contributed by atoms with Gasteiger partial charge < -0.3 is 9.64 Å². The molecule has 0 saturated carbocycles. The van der Waals surface area contributed by atoms with E-state index in [9.17, 15) is 8.42 Å². The van der Waals surface area contributed by atoms with Crippen LogP contribution in [0.5, 0.6) is 5.75 Å². The molecule has 0 spiro atoms. The van der Waals surface area contributed by atoms with Crippen LogP contribution in [0.3, 0.4) is 0 Å². The van der Waals surface area contributed by atoms with E-state index in [2.05, 4.69) is 21.5 Å². The van der Waals surface area contributed by atoms with Crippen molar-refractivity contribution in [3.05, 3.63) is 42.6 Å². The lowest BCUT2D eigenvalue weighted by Gasteiger charge is -2.31. The van der Waals surface area contributed by atoms with Crippen LogP contribution in [0.4, 0.5) is 11.5 Å². The summed E-state index contributed by atoms with van der Waals surface area (Å²) in [6.45, 7) is 6.72. The van der Waals surface area contributed by atoms with Gasteiger partial charge in [-0.25, -0.2) is 13.4 Å². The lowest BCUT2D eigenvalue weighted by atomic mass is 9.99. The maximum atomic E-state index is 12.5. The Balaban J connectivity index is 1.67. The number of pyridine rings is 1. The largest absolute Gasteiger partial charge is 0.494 e. The van der Waals surface area contributed by atoms with Gasteiger partial charge in [0.05, 0.1) is 23.4 Å². The van der Waals surface area contributed by atoms with Gasteiger partial charge >= 0.3 is 0 Å². The topological polar surface area (TPSA) is 71.5 Å². The van der Waals surface area contributed by atoms with E-state index in [1.807, 2.05) is 13.0 Å². The second kappa shape index (κ2) is 7.95. The lowest BCUT2D eigenvalue weighted by molar-refractivity contribution is 0.340. The summed E-state index contributed by atoms with van der Waals surface area (Å²) in [6, 6.07) is 9.96. The summed E-state index contributed by atoms with van der Waals surface area (Å²) < 4.78 is 32.8. The molecule has 1 aromatic carbocycles. The maximum Gasteiger partial charge on any atom is 0.263 e. The Morgan fingerprint density at radius 1 is 1.15 bits per heavy atom. The number of aromatic nitrogens is 1. The summed E-state index contributed by atoms with van der Waals surface area (Å²) in [6.07, 6.45) is 4.07. The molecule has 0 amide bonds. The smallest absolute Gasteiger partial charge is 0.263 e. The third-order valence-corrected chi connectivity index (χ3v) is 5.95. The summed E-state index contributed by atoms with van der Waals surface area (Å²) in [5, 5.41) is 0. The molecular formula is C19H25N3O3S. The van der Waals surface area contributed by atoms with Crippen LogP contribution in [0.1, 0.15) is 26.7 Å². The molecule has 0 radical (unpaired) electrons. The minimum Gasteiger partial charge on any atom is -0.494 e. The standard InChI is InChI=1S/C19H25N3O3S/c1-3-25-17-5-7-18(8-6-17)26(23,24)21-19-9-4-16(14-20-19)22-12-10-15(2)11-13-22/h4-9,14-15H,3,10-13H2,1-2H3,(H,20,21). The molecule has 3 rings (SSSR count). The van der Waals surface area contributed by atoms with E-state index in [-0.39, 0.29) is 4.90 Å². The number of piperidine rings is 1. The molecule has 0 atom stereocenters. The van der Waals surface area contributed by atoms with Crippen molar-refractivity contribution in [2.75, 3.05) is 29.3 Å². The van der Waals surface area contributed by atoms with Crippen molar-refractivity contribution in [1.29, 1.82) is 0 Å². The van der Waals surface area contributed by atoms with E-state index in [1.54, 1.807) is 24.4 Å². The van der Waals surface area contributed by atoms with Crippen LogP contribution in [0.2, 0.25) is 0 Å². The Morgan fingerprint density at radius 3 is 2.42 bits per heavy atom. The van der Waals surface area contributed by atoms with Gasteiger partial charge in [-0.1, -0.05) is 6.92 Å². The zero-order valence-corrected chi connectivity index (χ0v) is 16.0. The molecule has 26 heavy (non-hydrogen) atoms. The Labute approximate surface area is 155 Å². The number of nitrogens with one attached hydrogen (secondary N) is 1. The Hall–Kier alpha value is -2.28. The molecule has 0 aliphatic carbocycles.